The van der Waals surface area contributed by atoms with Crippen LogP contribution in [0.15, 0.2) is 53.9 Å². The Labute approximate surface area is 152 Å². The molecule has 0 saturated heterocycles. The van der Waals surface area contributed by atoms with Gasteiger partial charge in [-0.05, 0) is 43.2 Å². The first-order valence-electron chi connectivity index (χ1n) is 8.87. The fraction of sp³-hybridized carbons (Fsp3) is 0.300. The molecule has 2 N–H and O–H groups in total. The van der Waals surface area contributed by atoms with Crippen LogP contribution < -0.4 is 10.7 Å². The van der Waals surface area contributed by atoms with E-state index in [1.807, 2.05) is 6.07 Å². The Morgan fingerprint density at radius 2 is 1.85 bits per heavy atom. The summed E-state index contributed by atoms with van der Waals surface area (Å²) in [6.45, 7) is 0. The van der Waals surface area contributed by atoms with Crippen LogP contribution in [0.4, 0.5) is 5.69 Å². The van der Waals surface area contributed by atoms with E-state index in [1.165, 1.54) is 12.6 Å². The molecule has 6 heteroatoms. The predicted octanol–water partition coefficient (Wildman–Crippen LogP) is 3.36. The molecule has 1 aliphatic carbocycles. The molecule has 0 bridgehead atoms. The van der Waals surface area contributed by atoms with Crippen LogP contribution in [-0.2, 0) is 4.79 Å². The summed E-state index contributed by atoms with van der Waals surface area (Å²) in [5.41, 5.74) is 4.45. The summed E-state index contributed by atoms with van der Waals surface area (Å²) in [5.74, 6) is -0.133. The number of nitrogens with zero attached hydrogens (tertiary/aromatic N) is 2. The summed E-state index contributed by atoms with van der Waals surface area (Å²) in [5, 5.41) is 6.85. The Balaban J connectivity index is 1.52. The molecule has 2 amide bonds. The number of benzene rings is 1. The summed E-state index contributed by atoms with van der Waals surface area (Å²) in [4.78, 5) is 28.3. The average Bonchev–Trinajstić information content (AvgIpc) is 2.70. The van der Waals surface area contributed by atoms with E-state index >= 15 is 0 Å². The van der Waals surface area contributed by atoms with Crippen molar-refractivity contribution < 1.29 is 9.59 Å². The molecular formula is C20H22N4O2. The van der Waals surface area contributed by atoms with Gasteiger partial charge in [-0.15, -0.1) is 0 Å². The molecule has 26 heavy (non-hydrogen) atoms. The number of pyridine rings is 1. The molecule has 134 valence electrons. The number of rotatable bonds is 5. The van der Waals surface area contributed by atoms with E-state index in [2.05, 4.69) is 20.8 Å². The third kappa shape index (κ3) is 4.99. The largest absolute Gasteiger partial charge is 0.326 e. The second-order valence-corrected chi connectivity index (χ2v) is 6.39. The normalized spacial score (nSPS) is 14.9. The van der Waals surface area contributed by atoms with Crippen molar-refractivity contribution in [3.8, 4) is 0 Å². The SMILES string of the molecule is O=C(N/N=C/c1cccnc1)c1ccc(NC(=O)C2CCCCC2)cc1. The van der Waals surface area contributed by atoms with Gasteiger partial charge in [-0.1, -0.05) is 25.3 Å². The lowest BCUT2D eigenvalue weighted by Gasteiger charge is -2.20. The molecule has 0 atom stereocenters. The Bertz CT molecular complexity index is 766. The maximum Gasteiger partial charge on any atom is 0.271 e. The topological polar surface area (TPSA) is 83.4 Å². The predicted molar refractivity (Wildman–Crippen MR) is 101 cm³/mol. The Morgan fingerprint density at radius 3 is 2.54 bits per heavy atom. The van der Waals surface area contributed by atoms with Gasteiger partial charge in [0.2, 0.25) is 5.91 Å². The molecule has 1 aliphatic rings. The smallest absolute Gasteiger partial charge is 0.271 e. The van der Waals surface area contributed by atoms with Crippen molar-refractivity contribution in [2.75, 3.05) is 5.32 Å². The van der Waals surface area contributed by atoms with Gasteiger partial charge in [0.15, 0.2) is 0 Å². The van der Waals surface area contributed by atoms with Crippen molar-refractivity contribution in [3.05, 3.63) is 59.9 Å². The summed E-state index contributed by atoms with van der Waals surface area (Å²) >= 11 is 0. The molecule has 1 aromatic carbocycles. The lowest BCUT2D eigenvalue weighted by molar-refractivity contribution is -0.120. The maximum absolute atomic E-state index is 12.2. The molecule has 0 aliphatic heterocycles. The second kappa shape index (κ2) is 8.89. The molecule has 1 saturated carbocycles. The number of carbonyl (C=O) groups excluding carboxylic acids is 2. The highest BCUT2D eigenvalue weighted by Crippen LogP contribution is 2.25. The van der Waals surface area contributed by atoms with E-state index in [9.17, 15) is 9.59 Å². The average molecular weight is 350 g/mol. The zero-order valence-electron chi connectivity index (χ0n) is 14.5. The van der Waals surface area contributed by atoms with Crippen molar-refractivity contribution in [3.63, 3.8) is 0 Å². The molecule has 0 radical (unpaired) electrons. The first kappa shape index (κ1) is 17.8. The third-order valence-corrected chi connectivity index (χ3v) is 4.45. The van der Waals surface area contributed by atoms with E-state index < -0.39 is 0 Å². The minimum absolute atomic E-state index is 0.0722. The number of carbonyl (C=O) groups is 2. The van der Waals surface area contributed by atoms with E-state index in [0.717, 1.165) is 31.2 Å². The van der Waals surface area contributed by atoms with Gasteiger partial charge in [0.1, 0.15) is 0 Å². The highest BCUT2D eigenvalue weighted by atomic mass is 16.2. The third-order valence-electron chi connectivity index (χ3n) is 4.45. The van der Waals surface area contributed by atoms with Crippen molar-refractivity contribution in [2.45, 2.75) is 32.1 Å². The Hall–Kier alpha value is -3.02. The number of nitrogens with one attached hydrogen (secondary N) is 2. The van der Waals surface area contributed by atoms with Gasteiger partial charge in [-0.25, -0.2) is 5.43 Å². The van der Waals surface area contributed by atoms with E-state index in [0.29, 0.717) is 11.3 Å². The molecule has 0 spiro atoms. The summed E-state index contributed by atoms with van der Waals surface area (Å²) < 4.78 is 0. The standard InChI is InChI=1S/C20H22N4O2/c25-19(16-6-2-1-3-7-16)23-18-10-8-17(9-11-18)20(26)24-22-14-15-5-4-12-21-13-15/h4-5,8-14,16H,1-3,6-7H2,(H,23,25)(H,24,26)/b22-14+. The second-order valence-electron chi connectivity index (χ2n) is 6.39. The van der Waals surface area contributed by atoms with Gasteiger partial charge in [-0.2, -0.15) is 5.10 Å². The van der Waals surface area contributed by atoms with Crippen LogP contribution in [0.5, 0.6) is 0 Å². The number of hydrazone groups is 1. The first-order chi connectivity index (χ1) is 12.7. The Morgan fingerprint density at radius 1 is 1.08 bits per heavy atom. The molecule has 1 aromatic heterocycles. The fourth-order valence-electron chi connectivity index (χ4n) is 3.00. The van der Waals surface area contributed by atoms with Crippen LogP contribution in [0.2, 0.25) is 0 Å². The van der Waals surface area contributed by atoms with Crippen molar-refractivity contribution in [1.82, 2.24) is 10.4 Å². The minimum Gasteiger partial charge on any atom is -0.326 e. The molecule has 2 aromatic rings. The number of anilines is 1. The van der Waals surface area contributed by atoms with Gasteiger partial charge >= 0.3 is 0 Å². The van der Waals surface area contributed by atoms with Gasteiger partial charge in [0.25, 0.3) is 5.91 Å². The highest BCUT2D eigenvalue weighted by Gasteiger charge is 2.21. The Kier molecular flexibility index (Phi) is 6.09. The van der Waals surface area contributed by atoms with E-state index in [1.54, 1.807) is 42.7 Å². The monoisotopic (exact) mass is 350 g/mol. The molecule has 1 fully saturated rings. The number of aromatic nitrogens is 1. The van der Waals surface area contributed by atoms with Crippen molar-refractivity contribution in [2.24, 2.45) is 11.0 Å². The minimum atomic E-state index is -0.310. The molecule has 0 unspecified atom stereocenters. The summed E-state index contributed by atoms with van der Waals surface area (Å²) in [7, 11) is 0. The first-order valence-corrected chi connectivity index (χ1v) is 8.87. The lowest BCUT2D eigenvalue weighted by Crippen LogP contribution is -2.24. The van der Waals surface area contributed by atoms with Crippen LogP contribution in [0.1, 0.15) is 48.0 Å². The van der Waals surface area contributed by atoms with E-state index in [-0.39, 0.29) is 17.7 Å². The van der Waals surface area contributed by atoms with Crippen LogP contribution in [0.25, 0.3) is 0 Å². The fourth-order valence-corrected chi connectivity index (χ4v) is 3.00. The van der Waals surface area contributed by atoms with Crippen LogP contribution in [0.3, 0.4) is 0 Å². The van der Waals surface area contributed by atoms with Gasteiger partial charge < -0.3 is 5.32 Å². The molecule has 3 rings (SSSR count). The van der Waals surface area contributed by atoms with Gasteiger partial charge in [0.05, 0.1) is 6.21 Å². The quantitative estimate of drug-likeness (QED) is 0.640. The van der Waals surface area contributed by atoms with Crippen LogP contribution in [-0.4, -0.2) is 23.0 Å². The van der Waals surface area contributed by atoms with Crippen molar-refractivity contribution in [1.29, 1.82) is 0 Å². The number of amides is 2. The zero-order valence-corrected chi connectivity index (χ0v) is 14.5. The van der Waals surface area contributed by atoms with Gasteiger partial charge in [-0.3, -0.25) is 14.6 Å². The number of hydrogen-bond acceptors (Lipinski definition) is 4. The molecule has 6 nitrogen and oxygen atoms in total. The molecular weight excluding hydrogens is 328 g/mol. The van der Waals surface area contributed by atoms with E-state index in [4.69, 9.17) is 0 Å². The maximum atomic E-state index is 12.2. The number of hydrogen-bond donors (Lipinski definition) is 2. The summed E-state index contributed by atoms with van der Waals surface area (Å²) in [6.07, 6.45) is 10.2. The van der Waals surface area contributed by atoms with Crippen LogP contribution >= 0.6 is 0 Å². The van der Waals surface area contributed by atoms with Crippen LogP contribution in [0, 0.1) is 5.92 Å². The lowest BCUT2D eigenvalue weighted by atomic mass is 9.88. The zero-order chi connectivity index (χ0) is 18.2. The van der Waals surface area contributed by atoms with Gasteiger partial charge in [0, 0.05) is 35.1 Å². The molecule has 1 heterocycles. The summed E-state index contributed by atoms with van der Waals surface area (Å²) in [6, 6.07) is 10.5. The van der Waals surface area contributed by atoms with Crippen molar-refractivity contribution >= 4 is 23.7 Å². The highest BCUT2D eigenvalue weighted by molar-refractivity contribution is 5.96.